The Balaban J connectivity index is 1.91. The predicted octanol–water partition coefficient (Wildman–Crippen LogP) is 4.73. The van der Waals surface area contributed by atoms with Gasteiger partial charge in [0.05, 0.1) is 8.66 Å². The molecule has 1 unspecified atom stereocenters. The molecule has 2 heterocycles. The van der Waals surface area contributed by atoms with Gasteiger partial charge in [-0.2, -0.15) is 0 Å². The molecule has 0 aliphatic heterocycles. The first-order chi connectivity index (χ1) is 10.3. The normalized spacial score (nSPS) is 18.3. The van der Waals surface area contributed by atoms with E-state index in [0.717, 1.165) is 33.9 Å². The zero-order valence-electron chi connectivity index (χ0n) is 12.2. The van der Waals surface area contributed by atoms with E-state index in [1.807, 2.05) is 6.20 Å². The first-order valence-corrected chi connectivity index (χ1v) is 9.23. The van der Waals surface area contributed by atoms with Gasteiger partial charge >= 0.3 is 0 Å². The van der Waals surface area contributed by atoms with Crippen LogP contribution in [0.1, 0.15) is 49.9 Å². The largest absolute Gasteiger partial charge is 0.310 e. The molecule has 1 aliphatic carbocycles. The van der Waals surface area contributed by atoms with Gasteiger partial charge in [-0.3, -0.25) is 0 Å². The van der Waals surface area contributed by atoms with Crippen LogP contribution in [-0.4, -0.2) is 16.5 Å². The van der Waals surface area contributed by atoms with E-state index in [4.69, 9.17) is 4.98 Å². The van der Waals surface area contributed by atoms with Crippen LogP contribution in [0.25, 0.3) is 10.7 Å². The number of hydrogen-bond donors (Lipinski definition) is 1. The fourth-order valence-electron chi connectivity index (χ4n) is 2.80. The van der Waals surface area contributed by atoms with Crippen molar-refractivity contribution in [3.05, 3.63) is 33.4 Å². The van der Waals surface area contributed by atoms with Gasteiger partial charge in [0.1, 0.15) is 0 Å². The van der Waals surface area contributed by atoms with Crippen LogP contribution in [0, 0.1) is 0 Å². The summed E-state index contributed by atoms with van der Waals surface area (Å²) in [7, 11) is 0. The zero-order valence-corrected chi connectivity index (χ0v) is 14.6. The second-order valence-corrected chi connectivity index (χ2v) is 7.91. The fourth-order valence-corrected chi connectivity index (χ4v) is 4.13. The van der Waals surface area contributed by atoms with Crippen LogP contribution in [0.3, 0.4) is 0 Å². The van der Waals surface area contributed by atoms with E-state index < -0.39 is 0 Å². The number of thiophene rings is 1. The quantitative estimate of drug-likeness (QED) is 0.795. The summed E-state index contributed by atoms with van der Waals surface area (Å²) >= 11 is 5.20. The van der Waals surface area contributed by atoms with Gasteiger partial charge in [-0.25, -0.2) is 9.97 Å². The average molecular weight is 366 g/mol. The molecule has 1 atom stereocenters. The number of fused-ring (bicyclic) bond motifs is 1. The molecule has 0 spiro atoms. The minimum Gasteiger partial charge on any atom is -0.310 e. The molecule has 2 aromatic heterocycles. The van der Waals surface area contributed by atoms with Crippen molar-refractivity contribution in [3.8, 4) is 10.7 Å². The van der Waals surface area contributed by atoms with Crippen LogP contribution in [-0.2, 0) is 6.42 Å². The second kappa shape index (κ2) is 6.99. The van der Waals surface area contributed by atoms with E-state index in [1.165, 1.54) is 30.5 Å². The standard InChI is InChI=1S/C16H20BrN3S/c1-2-9-18-12-5-3-4-6-13-11(12)10-19-16(20-13)14-7-8-15(17)21-14/h7-8,10,12,18H,2-6,9H2,1H3. The smallest absolute Gasteiger partial charge is 0.169 e. The van der Waals surface area contributed by atoms with Crippen LogP contribution in [0.4, 0.5) is 0 Å². The molecule has 21 heavy (non-hydrogen) atoms. The molecule has 0 radical (unpaired) electrons. The van der Waals surface area contributed by atoms with E-state index in [2.05, 4.69) is 45.3 Å². The Labute approximate surface area is 138 Å². The molecule has 0 saturated carbocycles. The molecule has 0 aromatic carbocycles. The lowest BCUT2D eigenvalue weighted by atomic mass is 10.0. The third kappa shape index (κ3) is 3.52. The Hall–Kier alpha value is -0.780. The molecule has 1 N–H and O–H groups in total. The highest BCUT2D eigenvalue weighted by Gasteiger charge is 2.20. The summed E-state index contributed by atoms with van der Waals surface area (Å²) in [4.78, 5) is 10.6. The Morgan fingerprint density at radius 2 is 2.29 bits per heavy atom. The molecular weight excluding hydrogens is 346 g/mol. The summed E-state index contributed by atoms with van der Waals surface area (Å²) in [6.45, 7) is 3.27. The lowest BCUT2D eigenvalue weighted by molar-refractivity contribution is 0.488. The summed E-state index contributed by atoms with van der Waals surface area (Å²) in [6, 6.07) is 4.56. The fraction of sp³-hybridized carbons (Fsp3) is 0.500. The van der Waals surface area contributed by atoms with Gasteiger partial charge in [0, 0.05) is 23.5 Å². The van der Waals surface area contributed by atoms with Gasteiger partial charge < -0.3 is 5.32 Å². The van der Waals surface area contributed by atoms with Gasteiger partial charge in [-0.1, -0.05) is 13.3 Å². The molecule has 0 fully saturated rings. The van der Waals surface area contributed by atoms with Crippen LogP contribution in [0.2, 0.25) is 0 Å². The van der Waals surface area contributed by atoms with Gasteiger partial charge in [0.25, 0.3) is 0 Å². The van der Waals surface area contributed by atoms with Gasteiger partial charge in [0.15, 0.2) is 5.82 Å². The lowest BCUT2D eigenvalue weighted by Crippen LogP contribution is -2.23. The van der Waals surface area contributed by atoms with E-state index in [0.29, 0.717) is 6.04 Å². The summed E-state index contributed by atoms with van der Waals surface area (Å²) in [5.74, 6) is 0.862. The molecule has 3 nitrogen and oxygen atoms in total. The molecule has 1 aliphatic rings. The highest BCUT2D eigenvalue weighted by molar-refractivity contribution is 9.11. The average Bonchev–Trinajstić information content (AvgIpc) is 2.83. The summed E-state index contributed by atoms with van der Waals surface area (Å²) < 4.78 is 1.12. The van der Waals surface area contributed by atoms with E-state index >= 15 is 0 Å². The number of aryl methyl sites for hydroxylation is 1. The Kier molecular flexibility index (Phi) is 5.03. The molecule has 112 valence electrons. The van der Waals surface area contributed by atoms with Crippen molar-refractivity contribution >= 4 is 27.3 Å². The minimum absolute atomic E-state index is 0.423. The maximum Gasteiger partial charge on any atom is 0.169 e. The van der Waals surface area contributed by atoms with Gasteiger partial charge in [-0.15, -0.1) is 11.3 Å². The molecule has 2 aromatic rings. The number of aromatic nitrogens is 2. The summed E-state index contributed by atoms with van der Waals surface area (Å²) in [6.07, 6.45) is 7.96. The van der Waals surface area contributed by atoms with E-state index in [-0.39, 0.29) is 0 Å². The predicted molar refractivity (Wildman–Crippen MR) is 91.6 cm³/mol. The van der Waals surface area contributed by atoms with Crippen LogP contribution in [0.15, 0.2) is 22.1 Å². The minimum atomic E-state index is 0.423. The number of rotatable bonds is 4. The van der Waals surface area contributed by atoms with Crippen molar-refractivity contribution in [2.24, 2.45) is 0 Å². The van der Waals surface area contributed by atoms with Crippen LogP contribution < -0.4 is 5.32 Å². The molecule has 0 bridgehead atoms. The highest BCUT2D eigenvalue weighted by atomic mass is 79.9. The van der Waals surface area contributed by atoms with Crippen LogP contribution in [0.5, 0.6) is 0 Å². The molecule has 5 heteroatoms. The van der Waals surface area contributed by atoms with Crippen molar-refractivity contribution in [2.75, 3.05) is 6.54 Å². The van der Waals surface area contributed by atoms with Gasteiger partial charge in [-0.05, 0) is 60.3 Å². The van der Waals surface area contributed by atoms with E-state index in [9.17, 15) is 0 Å². The van der Waals surface area contributed by atoms with Crippen molar-refractivity contribution in [1.82, 2.24) is 15.3 Å². The third-order valence-corrected chi connectivity index (χ3v) is 5.49. The lowest BCUT2D eigenvalue weighted by Gasteiger charge is -2.18. The van der Waals surface area contributed by atoms with Gasteiger partial charge in [0.2, 0.25) is 0 Å². The number of hydrogen-bond acceptors (Lipinski definition) is 4. The van der Waals surface area contributed by atoms with Crippen molar-refractivity contribution < 1.29 is 0 Å². The maximum absolute atomic E-state index is 4.85. The third-order valence-electron chi connectivity index (χ3n) is 3.87. The summed E-state index contributed by atoms with van der Waals surface area (Å²) in [5.41, 5.74) is 2.54. The number of nitrogens with zero attached hydrogens (tertiary/aromatic N) is 2. The molecule has 0 saturated heterocycles. The van der Waals surface area contributed by atoms with Crippen molar-refractivity contribution in [3.63, 3.8) is 0 Å². The second-order valence-electron chi connectivity index (χ2n) is 5.45. The molecular formula is C16H20BrN3S. The zero-order chi connectivity index (χ0) is 14.7. The topological polar surface area (TPSA) is 37.8 Å². The van der Waals surface area contributed by atoms with Crippen LogP contribution >= 0.6 is 27.3 Å². The number of nitrogens with one attached hydrogen (secondary N) is 1. The Bertz CT molecular complexity index is 611. The maximum atomic E-state index is 4.85. The SMILES string of the molecule is CCCNC1CCCCc2nc(-c3ccc(Br)s3)ncc21. The first kappa shape index (κ1) is 15.1. The van der Waals surface area contributed by atoms with Crippen molar-refractivity contribution in [2.45, 2.75) is 45.1 Å². The highest BCUT2D eigenvalue weighted by Crippen LogP contribution is 2.32. The van der Waals surface area contributed by atoms with Crippen molar-refractivity contribution in [1.29, 1.82) is 0 Å². The first-order valence-electron chi connectivity index (χ1n) is 7.63. The molecule has 0 amide bonds. The summed E-state index contributed by atoms with van der Waals surface area (Å²) in [5, 5.41) is 3.65. The monoisotopic (exact) mass is 365 g/mol. The Morgan fingerprint density at radius 1 is 1.38 bits per heavy atom. The van der Waals surface area contributed by atoms with E-state index in [1.54, 1.807) is 11.3 Å². The Morgan fingerprint density at radius 3 is 3.05 bits per heavy atom. The molecule has 3 rings (SSSR count). The number of halogens is 1.